The van der Waals surface area contributed by atoms with Gasteiger partial charge in [0.1, 0.15) is 36.3 Å². The number of hydrogen-bond donors (Lipinski definition) is 0. The molecule has 19 atom stereocenters. The van der Waals surface area contributed by atoms with Crippen LogP contribution in [-0.2, 0) is 52.2 Å². The molecule has 0 aliphatic carbocycles. The van der Waals surface area contributed by atoms with E-state index in [1.54, 1.807) is 7.11 Å². The molecule has 0 aromatic carbocycles. The second-order valence-corrected chi connectivity index (χ2v) is 17.5. The molecule has 0 radical (unpaired) electrons. The van der Waals surface area contributed by atoms with Crippen molar-refractivity contribution in [2.45, 2.75) is 194 Å². The molecule has 12 bridgehead atoms. The largest absolute Gasteiger partial charge is 0.378 e. The molecule has 51 heavy (non-hydrogen) atoms. The summed E-state index contributed by atoms with van der Waals surface area (Å²) >= 11 is 0. The third kappa shape index (κ3) is 6.23. The Morgan fingerprint density at radius 2 is 1.51 bits per heavy atom. The maximum absolute atomic E-state index is 14.1. The van der Waals surface area contributed by atoms with Gasteiger partial charge in [0.25, 0.3) is 0 Å². The van der Waals surface area contributed by atoms with Gasteiger partial charge in [0.2, 0.25) is 0 Å². The fourth-order valence-electron chi connectivity index (χ4n) is 11.4. The number of epoxide rings is 1. The first-order chi connectivity index (χ1) is 24.7. The minimum atomic E-state index is -0.758. The summed E-state index contributed by atoms with van der Waals surface area (Å²) in [6.07, 6.45) is 7.65. The first kappa shape index (κ1) is 34.3. The van der Waals surface area contributed by atoms with E-state index < -0.39 is 5.79 Å². The Kier molecular flexibility index (Phi) is 8.87. The lowest BCUT2D eigenvalue weighted by Crippen LogP contribution is -2.61. The van der Waals surface area contributed by atoms with Crippen LogP contribution in [0.1, 0.15) is 90.4 Å². The molecule has 11 saturated heterocycles. The molecular weight excluding hydrogens is 656 g/mol. The Balaban J connectivity index is 0.931. The fourth-order valence-corrected chi connectivity index (χ4v) is 11.4. The van der Waals surface area contributed by atoms with Crippen LogP contribution in [0.15, 0.2) is 24.3 Å². The molecule has 11 fully saturated rings. The summed E-state index contributed by atoms with van der Waals surface area (Å²) in [7, 11) is 1.74. The van der Waals surface area contributed by atoms with Gasteiger partial charge in [-0.1, -0.05) is 20.1 Å². The summed E-state index contributed by atoms with van der Waals surface area (Å²) in [5.41, 5.74) is 2.28. The standard InChI is InChI=1S/C40H56O11/c1-19-11-23-5-7-28-20(2)12-25(44-28)9-10-40-17-33-36(50-40)37-38(49-33)39(51-40)35-29(48-37)8-6-24(46-35)13-22(41)14-27-31(16-30(45-23)21(19)3)47-32(34(27)42-4)15-26-18-43-26/h19,23-39H,2-3,5-18H2,1,4H3/t19-,23+,24-,25+,26+,27+,28+,29+,30-,31?,32-,33-,34-,35+,36?,37+,38-,39+,40+/m1/s1. The third-order valence-electron chi connectivity index (χ3n) is 14.1. The molecule has 0 saturated carbocycles. The highest BCUT2D eigenvalue weighted by Crippen LogP contribution is 2.54. The highest BCUT2D eigenvalue weighted by molar-refractivity contribution is 5.79. The lowest BCUT2D eigenvalue weighted by molar-refractivity contribution is -0.292. The van der Waals surface area contributed by atoms with E-state index in [-0.39, 0.29) is 109 Å². The van der Waals surface area contributed by atoms with Crippen molar-refractivity contribution in [3.05, 3.63) is 24.3 Å². The Hall–Kier alpha value is -1.25. The molecule has 11 aliphatic heterocycles. The summed E-state index contributed by atoms with van der Waals surface area (Å²) in [4.78, 5) is 14.1. The van der Waals surface area contributed by atoms with Gasteiger partial charge < -0.3 is 47.4 Å². The summed E-state index contributed by atoms with van der Waals surface area (Å²) in [6.45, 7) is 12.0. The first-order valence-electron chi connectivity index (χ1n) is 20.0. The van der Waals surface area contributed by atoms with Gasteiger partial charge in [-0.3, -0.25) is 4.79 Å². The Labute approximate surface area is 301 Å². The topological polar surface area (TPSA) is 113 Å². The van der Waals surface area contributed by atoms with E-state index in [1.807, 2.05) is 0 Å². The number of carbonyl (C=O) groups excluding carboxylic acids is 1. The predicted molar refractivity (Wildman–Crippen MR) is 181 cm³/mol. The van der Waals surface area contributed by atoms with Gasteiger partial charge in [-0.05, 0) is 62.0 Å². The van der Waals surface area contributed by atoms with Gasteiger partial charge in [0, 0.05) is 51.6 Å². The van der Waals surface area contributed by atoms with E-state index in [9.17, 15) is 4.79 Å². The van der Waals surface area contributed by atoms with Crippen LogP contribution in [0.2, 0.25) is 0 Å². The number of fused-ring (bicyclic) bond motifs is 6. The molecule has 11 heterocycles. The lowest BCUT2D eigenvalue weighted by atomic mass is 9.81. The molecule has 282 valence electrons. The van der Waals surface area contributed by atoms with Crippen LogP contribution in [0.4, 0.5) is 0 Å². The summed E-state index contributed by atoms with van der Waals surface area (Å²) in [5.74, 6) is -0.359. The van der Waals surface area contributed by atoms with Crippen LogP contribution >= 0.6 is 0 Å². The zero-order valence-corrected chi connectivity index (χ0v) is 30.2. The molecule has 0 aromatic rings. The highest BCUT2D eigenvalue weighted by atomic mass is 16.8. The number of Topliss-reactive ketones (excluding diaryl/α,β-unsaturated/α-hetero) is 1. The van der Waals surface area contributed by atoms with Gasteiger partial charge in [-0.15, -0.1) is 0 Å². The molecule has 11 rings (SSSR count). The predicted octanol–water partition coefficient (Wildman–Crippen LogP) is 4.52. The van der Waals surface area contributed by atoms with Crippen molar-refractivity contribution in [3.63, 3.8) is 0 Å². The van der Waals surface area contributed by atoms with Crippen molar-refractivity contribution in [1.29, 1.82) is 0 Å². The van der Waals surface area contributed by atoms with E-state index in [0.29, 0.717) is 31.6 Å². The fraction of sp³-hybridized carbons (Fsp3) is 0.875. The third-order valence-corrected chi connectivity index (χ3v) is 14.1. The SMILES string of the molecule is C=C1C[C@@H]2CC[C@@]34C[C@H]5O[C@H]6[C@@H](O3)[C@H]3O[C@H](CC[C@@H]3O[C@H]6C5O4)CC(=O)C[C@H]3C(C[C@H]4O[C@@H](CC[C@@H]1O2)C[C@@H](C)C4=C)O[C@H](C[C@H]1CO1)[C@@H]3OC. The second kappa shape index (κ2) is 13.2. The minimum absolute atomic E-state index is 0.0126. The Bertz CT molecular complexity index is 1380. The number of ether oxygens (including phenoxy) is 10. The second-order valence-electron chi connectivity index (χ2n) is 17.5. The van der Waals surface area contributed by atoms with Crippen molar-refractivity contribution in [1.82, 2.24) is 0 Å². The lowest BCUT2D eigenvalue weighted by Gasteiger charge is -2.47. The molecule has 0 N–H and O–H groups in total. The smallest absolute Gasteiger partial charge is 0.172 e. The molecule has 0 aromatic heterocycles. The maximum Gasteiger partial charge on any atom is 0.172 e. The van der Waals surface area contributed by atoms with E-state index in [1.165, 1.54) is 0 Å². The molecule has 11 nitrogen and oxygen atoms in total. The average Bonchev–Trinajstić information content (AvgIpc) is 3.56. The quantitative estimate of drug-likeness (QED) is 0.304. The van der Waals surface area contributed by atoms with Crippen LogP contribution in [0.25, 0.3) is 0 Å². The van der Waals surface area contributed by atoms with Crippen molar-refractivity contribution in [2.24, 2.45) is 11.8 Å². The number of hydrogen-bond acceptors (Lipinski definition) is 11. The molecule has 11 aliphatic rings. The Morgan fingerprint density at radius 1 is 0.745 bits per heavy atom. The normalized spacial score (nSPS) is 55.1. The summed E-state index contributed by atoms with van der Waals surface area (Å²) < 4.78 is 65.9. The number of ketones is 1. The molecule has 2 unspecified atom stereocenters. The molecule has 0 amide bonds. The van der Waals surface area contributed by atoms with Crippen LogP contribution in [-0.4, -0.2) is 123 Å². The number of carbonyl (C=O) groups is 1. The summed E-state index contributed by atoms with van der Waals surface area (Å²) in [6, 6.07) is 0. The monoisotopic (exact) mass is 712 g/mol. The van der Waals surface area contributed by atoms with Crippen molar-refractivity contribution in [3.8, 4) is 0 Å². The average molecular weight is 713 g/mol. The maximum atomic E-state index is 14.1. The Morgan fingerprint density at radius 3 is 2.35 bits per heavy atom. The first-order valence-corrected chi connectivity index (χ1v) is 20.0. The van der Waals surface area contributed by atoms with Gasteiger partial charge in [0.05, 0.1) is 73.8 Å². The van der Waals surface area contributed by atoms with Gasteiger partial charge >= 0.3 is 0 Å². The molecule has 1 spiro atoms. The van der Waals surface area contributed by atoms with Gasteiger partial charge in [-0.2, -0.15) is 0 Å². The van der Waals surface area contributed by atoms with E-state index in [0.717, 1.165) is 75.5 Å². The van der Waals surface area contributed by atoms with Crippen molar-refractivity contribution >= 4 is 5.78 Å². The number of methoxy groups -OCH3 is 1. The molecule has 11 heteroatoms. The van der Waals surface area contributed by atoms with Gasteiger partial charge in [0.15, 0.2) is 5.79 Å². The van der Waals surface area contributed by atoms with Crippen LogP contribution in [0.3, 0.4) is 0 Å². The van der Waals surface area contributed by atoms with Gasteiger partial charge in [-0.25, -0.2) is 0 Å². The van der Waals surface area contributed by atoms with E-state index in [2.05, 4.69) is 20.1 Å². The zero-order valence-electron chi connectivity index (χ0n) is 30.2. The van der Waals surface area contributed by atoms with Crippen molar-refractivity contribution < 1.29 is 52.2 Å². The van der Waals surface area contributed by atoms with Crippen molar-refractivity contribution in [2.75, 3.05) is 13.7 Å². The summed E-state index contributed by atoms with van der Waals surface area (Å²) in [5, 5.41) is 0. The van der Waals surface area contributed by atoms with E-state index >= 15 is 0 Å². The van der Waals surface area contributed by atoms with Crippen LogP contribution in [0.5, 0.6) is 0 Å². The van der Waals surface area contributed by atoms with Crippen LogP contribution in [0, 0.1) is 11.8 Å². The zero-order chi connectivity index (χ0) is 34.6. The number of rotatable bonds is 3. The van der Waals surface area contributed by atoms with Crippen LogP contribution < -0.4 is 0 Å². The molecular formula is C40H56O11. The highest BCUT2D eigenvalue weighted by Gasteiger charge is 2.68. The minimum Gasteiger partial charge on any atom is -0.378 e. The van der Waals surface area contributed by atoms with E-state index in [4.69, 9.17) is 47.4 Å².